The van der Waals surface area contributed by atoms with Gasteiger partial charge in [-0.1, -0.05) is 59.6 Å². The van der Waals surface area contributed by atoms with Crippen LogP contribution >= 0.6 is 34.5 Å². The average molecular weight is 493 g/mol. The predicted octanol–water partition coefficient (Wildman–Crippen LogP) is 6.37. The van der Waals surface area contributed by atoms with E-state index in [-0.39, 0.29) is 9.92 Å². The monoisotopic (exact) mass is 492 g/mol. The van der Waals surface area contributed by atoms with Crippen molar-refractivity contribution in [3.05, 3.63) is 74.7 Å². The summed E-state index contributed by atoms with van der Waals surface area (Å²) in [6.07, 6.45) is 5.11. The summed E-state index contributed by atoms with van der Waals surface area (Å²) in [5, 5.41) is 3.14. The van der Waals surface area contributed by atoms with E-state index in [9.17, 15) is 8.42 Å². The summed E-state index contributed by atoms with van der Waals surface area (Å²) in [6, 6.07) is 13.2. The zero-order valence-corrected chi connectivity index (χ0v) is 20.1. The van der Waals surface area contributed by atoms with Crippen LogP contribution in [0, 0.1) is 6.92 Å². The van der Waals surface area contributed by atoms with Gasteiger partial charge < -0.3 is 4.90 Å². The van der Waals surface area contributed by atoms with Crippen molar-refractivity contribution in [2.45, 2.75) is 29.9 Å². The highest BCUT2D eigenvalue weighted by Crippen LogP contribution is 2.34. The fraction of sp³-hybridized carbons (Fsp3) is 0.261. The lowest BCUT2D eigenvalue weighted by atomic mass is 10.1. The Morgan fingerprint density at radius 3 is 2.48 bits per heavy atom. The van der Waals surface area contributed by atoms with E-state index in [1.807, 2.05) is 47.9 Å². The van der Waals surface area contributed by atoms with Crippen molar-refractivity contribution >= 4 is 61.7 Å². The van der Waals surface area contributed by atoms with Crippen LogP contribution < -0.4 is 4.90 Å². The minimum Gasteiger partial charge on any atom is -0.348 e. The highest BCUT2D eigenvalue weighted by Gasteiger charge is 2.33. The van der Waals surface area contributed by atoms with E-state index < -0.39 is 15.1 Å². The topological polar surface area (TPSA) is 50.3 Å². The van der Waals surface area contributed by atoms with Crippen LogP contribution in [-0.4, -0.2) is 31.7 Å². The zero-order valence-electron chi connectivity index (χ0n) is 17.0. The number of sulfone groups is 1. The Hall–Kier alpha value is -1.86. The Labute approximate surface area is 197 Å². The van der Waals surface area contributed by atoms with Crippen molar-refractivity contribution in [3.8, 4) is 0 Å². The molecule has 0 spiro atoms. The summed E-state index contributed by atoms with van der Waals surface area (Å²) in [7, 11) is -3.52. The molecule has 3 aromatic rings. The molecule has 0 bridgehead atoms. The third-order valence-electron chi connectivity index (χ3n) is 5.43. The van der Waals surface area contributed by atoms with Crippen LogP contribution in [0.1, 0.15) is 29.7 Å². The third-order valence-corrected chi connectivity index (χ3v) is 9.48. The molecule has 1 saturated heterocycles. The van der Waals surface area contributed by atoms with Gasteiger partial charge in [0, 0.05) is 23.5 Å². The molecule has 0 saturated carbocycles. The van der Waals surface area contributed by atoms with E-state index in [0.717, 1.165) is 16.4 Å². The second kappa shape index (κ2) is 9.33. The number of aryl methyl sites for hydroxylation is 1. The number of halogens is 2. The molecule has 4 nitrogen and oxygen atoms in total. The summed E-state index contributed by atoms with van der Waals surface area (Å²) < 4.78 is 26.3. The maximum Gasteiger partial charge on any atom is 0.185 e. The second-order valence-electron chi connectivity index (χ2n) is 7.56. The maximum atomic E-state index is 13.2. The quantitative estimate of drug-likeness (QED) is 0.414. The van der Waals surface area contributed by atoms with Gasteiger partial charge in [-0.15, -0.1) is 11.3 Å². The van der Waals surface area contributed by atoms with Crippen molar-refractivity contribution < 1.29 is 8.42 Å². The number of thiazole rings is 1. The molecule has 1 aliphatic rings. The Balaban J connectivity index is 1.43. The fourth-order valence-electron chi connectivity index (χ4n) is 3.63. The van der Waals surface area contributed by atoms with Gasteiger partial charge in [-0.25, -0.2) is 13.4 Å². The number of benzene rings is 2. The van der Waals surface area contributed by atoms with E-state index >= 15 is 0 Å². The number of rotatable bonds is 5. The predicted molar refractivity (Wildman–Crippen MR) is 131 cm³/mol. The molecule has 31 heavy (non-hydrogen) atoms. The summed E-state index contributed by atoms with van der Waals surface area (Å²) in [6.45, 7) is 3.07. The van der Waals surface area contributed by atoms with Gasteiger partial charge in [0.2, 0.25) is 0 Å². The first kappa shape index (κ1) is 22.3. The van der Waals surface area contributed by atoms with Gasteiger partial charge in [0.25, 0.3) is 0 Å². The van der Waals surface area contributed by atoms with Crippen LogP contribution in [0.5, 0.6) is 0 Å². The van der Waals surface area contributed by atoms with Crippen molar-refractivity contribution in [3.63, 3.8) is 0 Å². The zero-order chi connectivity index (χ0) is 22.0. The Morgan fingerprint density at radius 1 is 1.06 bits per heavy atom. The van der Waals surface area contributed by atoms with Gasteiger partial charge in [-0.2, -0.15) is 0 Å². The molecule has 2 aromatic carbocycles. The minimum atomic E-state index is -3.52. The van der Waals surface area contributed by atoms with Crippen molar-refractivity contribution in [1.82, 2.24) is 4.98 Å². The van der Waals surface area contributed by atoms with Gasteiger partial charge in [-0.05, 0) is 49.1 Å². The Morgan fingerprint density at radius 2 is 1.77 bits per heavy atom. The van der Waals surface area contributed by atoms with Gasteiger partial charge in [0.15, 0.2) is 15.0 Å². The number of anilines is 1. The molecular weight excluding hydrogens is 471 g/mol. The molecule has 0 atom stereocenters. The highest BCUT2D eigenvalue weighted by molar-refractivity contribution is 7.92. The molecule has 4 rings (SSSR count). The fourth-order valence-corrected chi connectivity index (χ4v) is 7.04. The van der Waals surface area contributed by atoms with E-state index in [2.05, 4.69) is 4.90 Å². The molecule has 2 heterocycles. The standard InChI is InChI=1S/C23H22Cl2N2O2S2/c1-16-13-22(21(25)14-20(16)24)31(28,29)19-9-11-27(12-10-19)23-26-18(15-30-23)8-7-17-5-3-2-4-6-17/h2-8,13-15,19H,9-12H2,1H3. The molecule has 0 amide bonds. The highest BCUT2D eigenvalue weighted by atomic mass is 35.5. The van der Waals surface area contributed by atoms with E-state index in [1.54, 1.807) is 24.3 Å². The number of aromatic nitrogens is 1. The largest absolute Gasteiger partial charge is 0.348 e. The normalized spacial score (nSPS) is 15.6. The van der Waals surface area contributed by atoms with E-state index in [1.165, 1.54) is 6.07 Å². The first-order valence-corrected chi connectivity index (χ1v) is 13.2. The van der Waals surface area contributed by atoms with Gasteiger partial charge in [-0.3, -0.25) is 0 Å². The van der Waals surface area contributed by atoms with Gasteiger partial charge >= 0.3 is 0 Å². The lowest BCUT2D eigenvalue weighted by Gasteiger charge is -2.31. The molecule has 1 aromatic heterocycles. The Kier molecular flexibility index (Phi) is 6.72. The minimum absolute atomic E-state index is 0.178. The van der Waals surface area contributed by atoms with Gasteiger partial charge in [0.1, 0.15) is 0 Å². The summed E-state index contributed by atoms with van der Waals surface area (Å²) >= 11 is 13.9. The SMILES string of the molecule is Cc1cc(S(=O)(=O)C2CCN(c3nc(C=Cc4ccccc4)cs3)CC2)c(Cl)cc1Cl. The first-order valence-electron chi connectivity index (χ1n) is 9.98. The molecular formula is C23H22Cl2N2O2S2. The van der Waals surface area contributed by atoms with Crippen molar-refractivity contribution in [1.29, 1.82) is 0 Å². The molecule has 162 valence electrons. The molecule has 1 fully saturated rings. The molecule has 0 unspecified atom stereocenters. The van der Waals surface area contributed by atoms with Gasteiger partial charge in [0.05, 0.1) is 20.9 Å². The summed E-state index contributed by atoms with van der Waals surface area (Å²) in [4.78, 5) is 7.04. The second-order valence-corrected chi connectivity index (χ2v) is 11.4. The number of piperidine rings is 1. The van der Waals surface area contributed by atoms with E-state index in [4.69, 9.17) is 28.2 Å². The average Bonchev–Trinajstić information content (AvgIpc) is 3.25. The first-order chi connectivity index (χ1) is 14.8. The molecule has 0 radical (unpaired) electrons. The van der Waals surface area contributed by atoms with Crippen LogP contribution in [0.15, 0.2) is 52.7 Å². The van der Waals surface area contributed by atoms with Crippen LogP contribution in [0.2, 0.25) is 10.0 Å². The number of hydrogen-bond acceptors (Lipinski definition) is 5. The van der Waals surface area contributed by atoms with Crippen LogP contribution in [0.3, 0.4) is 0 Å². The lowest BCUT2D eigenvalue weighted by Crippen LogP contribution is -2.39. The number of hydrogen-bond donors (Lipinski definition) is 0. The summed E-state index contributed by atoms with van der Waals surface area (Å²) in [5.74, 6) is 0. The molecule has 0 N–H and O–H groups in total. The van der Waals surface area contributed by atoms with Crippen LogP contribution in [-0.2, 0) is 9.84 Å². The van der Waals surface area contributed by atoms with Crippen molar-refractivity contribution in [2.24, 2.45) is 0 Å². The summed E-state index contributed by atoms with van der Waals surface area (Å²) in [5.41, 5.74) is 2.74. The van der Waals surface area contributed by atoms with Crippen LogP contribution in [0.25, 0.3) is 12.2 Å². The number of nitrogens with zero attached hydrogens (tertiary/aromatic N) is 2. The molecule has 1 aliphatic heterocycles. The third kappa shape index (κ3) is 4.98. The smallest absolute Gasteiger partial charge is 0.185 e. The Bertz CT molecular complexity index is 1200. The lowest BCUT2D eigenvalue weighted by molar-refractivity contribution is 0.529. The van der Waals surface area contributed by atoms with E-state index in [0.29, 0.717) is 36.5 Å². The van der Waals surface area contributed by atoms with Crippen LogP contribution in [0.4, 0.5) is 5.13 Å². The molecule has 8 heteroatoms. The maximum absolute atomic E-state index is 13.2. The van der Waals surface area contributed by atoms with Crippen molar-refractivity contribution in [2.75, 3.05) is 18.0 Å². The molecule has 0 aliphatic carbocycles.